The Labute approximate surface area is 237 Å². The van der Waals surface area contributed by atoms with E-state index >= 15 is 0 Å². The zero-order valence-corrected chi connectivity index (χ0v) is 23.7. The predicted octanol–water partition coefficient (Wildman–Crippen LogP) is 7.68. The molecule has 0 saturated carbocycles. The van der Waals surface area contributed by atoms with Crippen LogP contribution in [0.4, 0.5) is 0 Å². The number of fused-ring (bicyclic) bond motifs is 2. The summed E-state index contributed by atoms with van der Waals surface area (Å²) in [4.78, 5) is 9.29. The first-order valence-electron chi connectivity index (χ1n) is 11.9. The standard InChI is InChI=1S/2C15H11N.C2H7NS.Ir/c2*1-2-6-12(7-3-1)15-11-10-13-8-4-5-9-14(13)16-15;3-1-2-4;/h2*1-11H;4H,1-3H2;. The van der Waals surface area contributed by atoms with Crippen molar-refractivity contribution in [2.45, 2.75) is 0 Å². The molecule has 0 atom stereocenters. The predicted molar refractivity (Wildman–Crippen MR) is 157 cm³/mol. The van der Waals surface area contributed by atoms with Gasteiger partial charge in [0.15, 0.2) is 0 Å². The van der Waals surface area contributed by atoms with Crippen LogP contribution < -0.4 is 5.73 Å². The Morgan fingerprint density at radius 3 is 1.22 bits per heavy atom. The van der Waals surface area contributed by atoms with Gasteiger partial charge in [-0.2, -0.15) is 12.6 Å². The molecule has 0 aliphatic carbocycles. The maximum absolute atomic E-state index is 4.95. The van der Waals surface area contributed by atoms with E-state index in [4.69, 9.17) is 5.73 Å². The normalized spacial score (nSPS) is 9.89. The van der Waals surface area contributed by atoms with Crippen LogP contribution in [0.2, 0.25) is 0 Å². The van der Waals surface area contributed by atoms with Crippen molar-refractivity contribution in [3.8, 4) is 22.5 Å². The summed E-state index contributed by atoms with van der Waals surface area (Å²) >= 11 is 3.80. The van der Waals surface area contributed by atoms with Crippen molar-refractivity contribution >= 4 is 34.4 Å². The van der Waals surface area contributed by atoms with Gasteiger partial charge in [0.2, 0.25) is 0 Å². The zero-order valence-electron chi connectivity index (χ0n) is 20.4. The summed E-state index contributed by atoms with van der Waals surface area (Å²) < 4.78 is 0. The molecule has 187 valence electrons. The summed E-state index contributed by atoms with van der Waals surface area (Å²) in [6, 6.07) is 45.2. The Morgan fingerprint density at radius 1 is 0.486 bits per heavy atom. The minimum Gasteiger partial charge on any atom is -0.330 e. The van der Waals surface area contributed by atoms with Gasteiger partial charge in [-0.3, -0.25) is 0 Å². The van der Waals surface area contributed by atoms with Gasteiger partial charge in [-0.05, 0) is 24.3 Å². The van der Waals surface area contributed by atoms with Crippen LogP contribution in [0.15, 0.2) is 133 Å². The summed E-state index contributed by atoms with van der Waals surface area (Å²) in [6.07, 6.45) is 0. The summed E-state index contributed by atoms with van der Waals surface area (Å²) in [5.41, 5.74) is 11.4. The number of aromatic nitrogens is 2. The molecule has 4 aromatic carbocycles. The van der Waals surface area contributed by atoms with Crippen molar-refractivity contribution in [2.75, 3.05) is 12.3 Å². The number of pyridine rings is 2. The second-order valence-corrected chi connectivity index (χ2v) is 8.47. The van der Waals surface area contributed by atoms with Gasteiger partial charge in [0.05, 0.1) is 22.4 Å². The largest absolute Gasteiger partial charge is 0.330 e. The molecule has 0 amide bonds. The topological polar surface area (TPSA) is 51.8 Å². The fraction of sp³-hybridized carbons (Fsp3) is 0.0625. The fourth-order valence-corrected chi connectivity index (χ4v) is 3.67. The van der Waals surface area contributed by atoms with Gasteiger partial charge >= 0.3 is 0 Å². The molecule has 2 N–H and O–H groups in total. The summed E-state index contributed by atoms with van der Waals surface area (Å²) in [7, 11) is 0. The number of hydrogen-bond acceptors (Lipinski definition) is 4. The molecule has 2 heterocycles. The first-order valence-corrected chi connectivity index (χ1v) is 12.5. The van der Waals surface area contributed by atoms with Crippen molar-refractivity contribution in [2.24, 2.45) is 5.73 Å². The quantitative estimate of drug-likeness (QED) is 0.189. The molecule has 2 aromatic heterocycles. The Hall–Kier alpha value is -3.34. The van der Waals surface area contributed by atoms with E-state index in [9.17, 15) is 0 Å². The van der Waals surface area contributed by atoms with E-state index in [1.165, 1.54) is 10.8 Å². The van der Waals surface area contributed by atoms with Gasteiger partial charge in [-0.15, -0.1) is 0 Å². The Kier molecular flexibility index (Phi) is 11.5. The fourth-order valence-electron chi connectivity index (χ4n) is 3.67. The molecule has 0 aliphatic heterocycles. The van der Waals surface area contributed by atoms with Crippen molar-refractivity contribution in [1.82, 2.24) is 9.97 Å². The van der Waals surface area contributed by atoms with Crippen LogP contribution in [0, 0.1) is 0 Å². The third-order valence-electron chi connectivity index (χ3n) is 5.47. The third-order valence-corrected chi connectivity index (χ3v) is 5.72. The minimum atomic E-state index is 0. The Morgan fingerprint density at radius 2 is 0.838 bits per heavy atom. The van der Waals surface area contributed by atoms with Crippen LogP contribution >= 0.6 is 12.6 Å². The Bertz CT molecular complexity index is 1390. The number of nitrogens with two attached hydrogens (primary N) is 1. The molecule has 0 aliphatic rings. The van der Waals surface area contributed by atoms with Crippen LogP contribution in [0.3, 0.4) is 0 Å². The molecule has 0 saturated heterocycles. The average Bonchev–Trinajstić information content (AvgIpc) is 2.98. The van der Waals surface area contributed by atoms with Gasteiger partial charge in [-0.25, -0.2) is 9.97 Å². The van der Waals surface area contributed by atoms with Crippen LogP contribution in [0.5, 0.6) is 0 Å². The number of hydrogen-bond donors (Lipinski definition) is 2. The van der Waals surface area contributed by atoms with Gasteiger partial charge < -0.3 is 5.73 Å². The number of benzene rings is 4. The molecule has 0 unspecified atom stereocenters. The zero-order chi connectivity index (χ0) is 25.0. The van der Waals surface area contributed by atoms with Gasteiger partial charge in [0.25, 0.3) is 0 Å². The second kappa shape index (κ2) is 15.0. The van der Waals surface area contributed by atoms with E-state index in [-0.39, 0.29) is 20.1 Å². The molecule has 3 nitrogen and oxygen atoms in total. The van der Waals surface area contributed by atoms with Crippen LogP contribution in [-0.2, 0) is 20.1 Å². The summed E-state index contributed by atoms with van der Waals surface area (Å²) in [5.74, 6) is 0.792. The van der Waals surface area contributed by atoms with E-state index in [0.29, 0.717) is 6.54 Å². The Balaban J connectivity index is 0.000000176. The number of nitrogens with zero attached hydrogens (tertiary/aromatic N) is 2. The smallest absolute Gasteiger partial charge is 0.0709 e. The van der Waals surface area contributed by atoms with Gasteiger partial charge in [-0.1, -0.05) is 109 Å². The summed E-state index contributed by atoms with van der Waals surface area (Å²) in [6.45, 7) is 0.684. The maximum Gasteiger partial charge on any atom is 0.0709 e. The molecular formula is C32H29IrN3S. The van der Waals surface area contributed by atoms with E-state index in [1.807, 2.05) is 72.8 Å². The first-order chi connectivity index (χ1) is 17.8. The molecule has 6 rings (SSSR count). The van der Waals surface area contributed by atoms with E-state index in [2.05, 4.69) is 83.3 Å². The summed E-state index contributed by atoms with van der Waals surface area (Å²) in [5, 5.41) is 2.37. The second-order valence-electron chi connectivity index (χ2n) is 8.02. The number of para-hydroxylation sites is 2. The molecule has 0 fully saturated rings. The molecule has 0 bridgehead atoms. The van der Waals surface area contributed by atoms with E-state index < -0.39 is 0 Å². The molecule has 0 spiro atoms. The molecule has 1 radical (unpaired) electrons. The monoisotopic (exact) mass is 680 g/mol. The molecule has 37 heavy (non-hydrogen) atoms. The maximum atomic E-state index is 4.95. The van der Waals surface area contributed by atoms with Crippen LogP contribution in [0.1, 0.15) is 0 Å². The molecular weight excluding hydrogens is 651 g/mol. The van der Waals surface area contributed by atoms with Crippen molar-refractivity contribution in [3.05, 3.63) is 133 Å². The first kappa shape index (κ1) is 28.2. The van der Waals surface area contributed by atoms with E-state index in [0.717, 1.165) is 39.3 Å². The molecule has 6 aromatic rings. The third kappa shape index (κ3) is 8.07. The van der Waals surface area contributed by atoms with Crippen molar-refractivity contribution in [1.29, 1.82) is 0 Å². The number of thiol groups is 1. The minimum absolute atomic E-state index is 0. The van der Waals surface area contributed by atoms with Crippen LogP contribution in [-0.4, -0.2) is 22.3 Å². The van der Waals surface area contributed by atoms with E-state index in [1.54, 1.807) is 0 Å². The van der Waals surface area contributed by atoms with Crippen molar-refractivity contribution in [3.63, 3.8) is 0 Å². The van der Waals surface area contributed by atoms with Crippen molar-refractivity contribution < 1.29 is 20.1 Å². The van der Waals surface area contributed by atoms with Crippen LogP contribution in [0.25, 0.3) is 44.3 Å². The van der Waals surface area contributed by atoms with Gasteiger partial charge in [0.1, 0.15) is 0 Å². The average molecular weight is 680 g/mol. The SMILES string of the molecule is NCCS.[Ir].c1ccc(-c2ccc3ccccc3n2)cc1.c1ccc(-c2ccc3ccccc3n2)cc1. The van der Waals surface area contributed by atoms with Gasteiger partial charge in [0, 0.05) is 54.3 Å². The number of rotatable bonds is 3. The molecule has 5 heteroatoms.